The van der Waals surface area contributed by atoms with Gasteiger partial charge in [0.15, 0.2) is 0 Å². The van der Waals surface area contributed by atoms with E-state index in [0.29, 0.717) is 0 Å². The predicted molar refractivity (Wildman–Crippen MR) is 65.1 cm³/mol. The molecule has 0 radical (unpaired) electrons. The highest BCUT2D eigenvalue weighted by Gasteiger charge is 2.32. The van der Waals surface area contributed by atoms with Crippen LogP contribution in [-0.4, -0.2) is 5.11 Å². The fraction of sp³-hybridized carbons (Fsp3) is 0.167. The topological polar surface area (TPSA) is 33.4 Å². The molecule has 0 aliphatic heterocycles. The molecule has 2 rings (SSSR count). The van der Waals surface area contributed by atoms with Crippen LogP contribution in [0.1, 0.15) is 11.3 Å². The predicted octanol–water partition coefficient (Wildman–Crippen LogP) is 4.76. The molecule has 0 saturated carbocycles. The zero-order chi connectivity index (χ0) is 14.2. The molecule has 19 heavy (non-hydrogen) atoms. The number of alkyl halides is 3. The Morgan fingerprint density at radius 2 is 1.68 bits per heavy atom. The van der Waals surface area contributed by atoms with Crippen LogP contribution in [0.15, 0.2) is 28.7 Å². The third kappa shape index (κ3) is 2.88. The summed E-state index contributed by atoms with van der Waals surface area (Å²) in [5, 5.41) is 8.54. The molecule has 0 saturated heterocycles. The quantitative estimate of drug-likeness (QED) is 0.867. The van der Waals surface area contributed by atoms with E-state index in [1.165, 1.54) is 12.1 Å². The van der Waals surface area contributed by atoms with Gasteiger partial charge >= 0.3 is 6.18 Å². The summed E-state index contributed by atoms with van der Waals surface area (Å²) in [6, 6.07) is 4.53. The first-order chi connectivity index (χ1) is 8.82. The molecule has 0 unspecified atom stereocenters. The average Bonchev–Trinajstić information content (AvgIpc) is 2.75. The standard InChI is InChI=1S/C12H7Cl2F3O2/c13-8-3-6(12(15,16)17)4-9(14)11(8)10-2-1-7(5-18)19-10/h1-4,18H,5H2. The lowest BCUT2D eigenvalue weighted by Crippen LogP contribution is -2.05. The van der Waals surface area contributed by atoms with Crippen LogP contribution in [0.4, 0.5) is 13.2 Å². The minimum atomic E-state index is -4.52. The van der Waals surface area contributed by atoms with Crippen molar-refractivity contribution in [1.82, 2.24) is 0 Å². The van der Waals surface area contributed by atoms with Crippen molar-refractivity contribution in [2.75, 3.05) is 0 Å². The van der Waals surface area contributed by atoms with Crippen molar-refractivity contribution in [3.63, 3.8) is 0 Å². The first-order valence-electron chi connectivity index (χ1n) is 5.09. The third-order valence-electron chi connectivity index (χ3n) is 2.43. The summed E-state index contributed by atoms with van der Waals surface area (Å²) in [5.74, 6) is 0.467. The van der Waals surface area contributed by atoms with Gasteiger partial charge in [0.25, 0.3) is 0 Å². The first-order valence-corrected chi connectivity index (χ1v) is 5.84. The van der Waals surface area contributed by atoms with Crippen LogP contribution in [-0.2, 0) is 12.8 Å². The van der Waals surface area contributed by atoms with E-state index in [0.717, 1.165) is 12.1 Å². The summed E-state index contributed by atoms with van der Waals surface area (Å²) >= 11 is 11.6. The second-order valence-corrected chi connectivity index (χ2v) is 4.55. The summed E-state index contributed by atoms with van der Waals surface area (Å²) in [5.41, 5.74) is -0.767. The number of aliphatic hydroxyl groups excluding tert-OH is 1. The highest BCUT2D eigenvalue weighted by molar-refractivity contribution is 6.39. The van der Waals surface area contributed by atoms with Crippen molar-refractivity contribution in [3.8, 4) is 11.3 Å². The molecular formula is C12H7Cl2F3O2. The first kappa shape index (κ1) is 14.2. The largest absolute Gasteiger partial charge is 0.459 e. The molecule has 1 aromatic heterocycles. The lowest BCUT2D eigenvalue weighted by atomic mass is 10.1. The smallest absolute Gasteiger partial charge is 0.416 e. The Morgan fingerprint density at radius 1 is 1.11 bits per heavy atom. The van der Waals surface area contributed by atoms with Crippen LogP contribution in [0.2, 0.25) is 10.0 Å². The van der Waals surface area contributed by atoms with E-state index in [2.05, 4.69) is 0 Å². The SMILES string of the molecule is OCc1ccc(-c2c(Cl)cc(C(F)(F)F)cc2Cl)o1. The van der Waals surface area contributed by atoms with Crippen LogP contribution in [0.3, 0.4) is 0 Å². The molecule has 0 atom stereocenters. The van der Waals surface area contributed by atoms with Gasteiger partial charge in [0.2, 0.25) is 0 Å². The van der Waals surface area contributed by atoms with Crippen molar-refractivity contribution in [1.29, 1.82) is 0 Å². The molecule has 1 aromatic carbocycles. The zero-order valence-corrected chi connectivity index (χ0v) is 10.8. The zero-order valence-electron chi connectivity index (χ0n) is 9.26. The van der Waals surface area contributed by atoms with Crippen LogP contribution in [0, 0.1) is 0 Å². The lowest BCUT2D eigenvalue weighted by Gasteiger charge is -2.10. The summed E-state index contributed by atoms with van der Waals surface area (Å²) in [4.78, 5) is 0. The van der Waals surface area contributed by atoms with Crippen LogP contribution in [0.25, 0.3) is 11.3 Å². The summed E-state index contributed by atoms with van der Waals surface area (Å²) < 4.78 is 42.9. The number of aliphatic hydroxyl groups is 1. The maximum atomic E-state index is 12.6. The molecule has 0 fully saturated rings. The molecular weight excluding hydrogens is 304 g/mol. The Bertz CT molecular complexity index is 582. The Morgan fingerprint density at radius 3 is 2.11 bits per heavy atom. The van der Waals surface area contributed by atoms with Gasteiger partial charge in [-0.15, -0.1) is 0 Å². The van der Waals surface area contributed by atoms with E-state index in [1.807, 2.05) is 0 Å². The van der Waals surface area contributed by atoms with Gasteiger partial charge in [-0.1, -0.05) is 23.2 Å². The molecule has 0 aliphatic carbocycles. The lowest BCUT2D eigenvalue weighted by molar-refractivity contribution is -0.137. The summed E-state index contributed by atoms with van der Waals surface area (Å²) in [6.45, 7) is -0.324. The van der Waals surface area contributed by atoms with Crippen LogP contribution >= 0.6 is 23.2 Å². The number of rotatable bonds is 2. The maximum absolute atomic E-state index is 12.6. The Labute approximate surface area is 116 Å². The summed E-state index contributed by atoms with van der Waals surface area (Å²) in [6.07, 6.45) is -4.52. The van der Waals surface area contributed by atoms with Gasteiger partial charge in [0.05, 0.1) is 21.2 Å². The molecule has 1 N–H and O–H groups in total. The minimum absolute atomic E-state index is 0.163. The van der Waals surface area contributed by atoms with Crippen molar-refractivity contribution >= 4 is 23.2 Å². The van der Waals surface area contributed by atoms with Crippen molar-refractivity contribution in [3.05, 3.63) is 45.6 Å². The van der Waals surface area contributed by atoms with E-state index < -0.39 is 11.7 Å². The molecule has 0 amide bonds. The molecule has 2 aromatic rings. The van der Waals surface area contributed by atoms with E-state index in [-0.39, 0.29) is 33.7 Å². The molecule has 2 nitrogen and oxygen atoms in total. The summed E-state index contributed by atoms with van der Waals surface area (Å²) in [7, 11) is 0. The fourth-order valence-electron chi connectivity index (χ4n) is 1.57. The van der Waals surface area contributed by atoms with Crippen molar-refractivity contribution < 1.29 is 22.7 Å². The molecule has 102 valence electrons. The second-order valence-electron chi connectivity index (χ2n) is 3.74. The molecule has 7 heteroatoms. The number of halogens is 5. The number of hydrogen-bond donors (Lipinski definition) is 1. The molecule has 0 spiro atoms. The monoisotopic (exact) mass is 310 g/mol. The number of benzene rings is 1. The Kier molecular flexibility index (Phi) is 3.80. The molecule has 0 bridgehead atoms. The van der Waals surface area contributed by atoms with Crippen molar-refractivity contribution in [2.24, 2.45) is 0 Å². The normalized spacial score (nSPS) is 11.9. The van der Waals surface area contributed by atoms with Gasteiger partial charge in [0.1, 0.15) is 18.1 Å². The van der Waals surface area contributed by atoms with Gasteiger partial charge in [-0.2, -0.15) is 13.2 Å². The van der Waals surface area contributed by atoms with Gasteiger partial charge in [0, 0.05) is 0 Å². The highest BCUT2D eigenvalue weighted by atomic mass is 35.5. The maximum Gasteiger partial charge on any atom is 0.416 e. The second kappa shape index (κ2) is 5.07. The van der Waals surface area contributed by atoms with Crippen LogP contribution < -0.4 is 0 Å². The Hall–Kier alpha value is -1.17. The third-order valence-corrected chi connectivity index (χ3v) is 3.03. The molecule has 1 heterocycles. The van der Waals surface area contributed by atoms with E-state index in [4.69, 9.17) is 32.7 Å². The average molecular weight is 311 g/mol. The van der Waals surface area contributed by atoms with Gasteiger partial charge < -0.3 is 9.52 Å². The Balaban J connectivity index is 2.53. The van der Waals surface area contributed by atoms with Gasteiger partial charge in [-0.25, -0.2) is 0 Å². The van der Waals surface area contributed by atoms with Gasteiger partial charge in [-0.3, -0.25) is 0 Å². The van der Waals surface area contributed by atoms with E-state index in [1.54, 1.807) is 0 Å². The van der Waals surface area contributed by atoms with E-state index >= 15 is 0 Å². The fourth-order valence-corrected chi connectivity index (χ4v) is 2.24. The minimum Gasteiger partial charge on any atom is -0.459 e. The van der Waals surface area contributed by atoms with E-state index in [9.17, 15) is 13.2 Å². The number of furan rings is 1. The van der Waals surface area contributed by atoms with Crippen molar-refractivity contribution in [2.45, 2.75) is 12.8 Å². The molecule has 0 aliphatic rings. The highest BCUT2D eigenvalue weighted by Crippen LogP contribution is 2.40. The van der Waals surface area contributed by atoms with Crippen LogP contribution in [0.5, 0.6) is 0 Å². The number of hydrogen-bond acceptors (Lipinski definition) is 2. The van der Waals surface area contributed by atoms with Gasteiger partial charge in [-0.05, 0) is 24.3 Å².